The minimum absolute atomic E-state index is 0.0591. The van der Waals surface area contributed by atoms with Crippen molar-refractivity contribution < 1.29 is 4.79 Å². The highest BCUT2D eigenvalue weighted by Crippen LogP contribution is 2.34. The lowest BCUT2D eigenvalue weighted by atomic mass is 9.79. The van der Waals surface area contributed by atoms with E-state index in [-0.39, 0.29) is 16.8 Å². The van der Waals surface area contributed by atoms with Gasteiger partial charge in [0, 0.05) is 30.5 Å². The van der Waals surface area contributed by atoms with Crippen LogP contribution >= 0.6 is 0 Å². The topological polar surface area (TPSA) is 39.1 Å². The van der Waals surface area contributed by atoms with Crippen molar-refractivity contribution >= 4 is 11.5 Å². The fourth-order valence-electron chi connectivity index (χ4n) is 2.13. The lowest BCUT2D eigenvalue weighted by molar-refractivity contribution is -0.116. The Hall–Kier alpha value is -1.64. The second-order valence-electron chi connectivity index (χ2n) is 5.03. The molecule has 0 N–H and O–H groups in total. The van der Waals surface area contributed by atoms with Crippen molar-refractivity contribution in [3.63, 3.8) is 0 Å². The van der Waals surface area contributed by atoms with Crippen molar-refractivity contribution in [3.05, 3.63) is 40.8 Å². The standard InChI is InChI=1S/C13H15NO2/c1-13(2)8-10(7-11(15)9-13)14-6-4-3-5-12(14)16/h3-7H,8-9H2,1-2H3. The maximum Gasteiger partial charge on any atom is 0.254 e. The van der Waals surface area contributed by atoms with Crippen LogP contribution in [0.15, 0.2) is 35.3 Å². The van der Waals surface area contributed by atoms with Gasteiger partial charge in [0.25, 0.3) is 5.56 Å². The second kappa shape index (κ2) is 3.74. The van der Waals surface area contributed by atoms with E-state index in [1.165, 1.54) is 6.07 Å². The third-order valence-corrected chi connectivity index (χ3v) is 2.77. The highest BCUT2D eigenvalue weighted by atomic mass is 16.1. The van der Waals surface area contributed by atoms with Crippen molar-refractivity contribution in [2.45, 2.75) is 26.7 Å². The third-order valence-electron chi connectivity index (χ3n) is 2.77. The summed E-state index contributed by atoms with van der Waals surface area (Å²) in [6, 6.07) is 5.01. The zero-order chi connectivity index (χ0) is 11.8. The molecule has 0 unspecified atom stereocenters. The van der Waals surface area contributed by atoms with Crippen molar-refractivity contribution in [1.29, 1.82) is 0 Å². The van der Waals surface area contributed by atoms with E-state index in [2.05, 4.69) is 0 Å². The van der Waals surface area contributed by atoms with Crippen LogP contribution in [0.5, 0.6) is 0 Å². The third kappa shape index (κ3) is 2.13. The molecule has 1 aromatic rings. The molecule has 0 saturated carbocycles. The van der Waals surface area contributed by atoms with Gasteiger partial charge in [0.05, 0.1) is 0 Å². The average molecular weight is 217 g/mol. The minimum Gasteiger partial charge on any atom is -0.295 e. The molecule has 84 valence electrons. The normalized spacial score (nSPS) is 19.4. The Labute approximate surface area is 94.4 Å². The van der Waals surface area contributed by atoms with E-state index in [0.717, 1.165) is 12.1 Å². The molecule has 0 atom stereocenters. The molecule has 0 aliphatic heterocycles. The molecular formula is C13H15NO2. The molecule has 0 bridgehead atoms. The second-order valence-corrected chi connectivity index (χ2v) is 5.03. The monoisotopic (exact) mass is 217 g/mol. The molecule has 0 fully saturated rings. The van der Waals surface area contributed by atoms with E-state index >= 15 is 0 Å². The van der Waals surface area contributed by atoms with E-state index in [0.29, 0.717) is 6.42 Å². The van der Waals surface area contributed by atoms with Gasteiger partial charge in [0.2, 0.25) is 0 Å². The SMILES string of the molecule is CC1(C)CC(=O)C=C(n2ccccc2=O)C1. The zero-order valence-corrected chi connectivity index (χ0v) is 9.56. The number of rotatable bonds is 1. The van der Waals surface area contributed by atoms with E-state index in [1.807, 2.05) is 13.8 Å². The van der Waals surface area contributed by atoms with Crippen LogP contribution in [-0.2, 0) is 4.79 Å². The molecule has 0 saturated heterocycles. The van der Waals surface area contributed by atoms with Crippen LogP contribution in [0.25, 0.3) is 5.70 Å². The van der Waals surface area contributed by atoms with Gasteiger partial charge in [-0.1, -0.05) is 19.9 Å². The lowest BCUT2D eigenvalue weighted by Gasteiger charge is -2.29. The van der Waals surface area contributed by atoms with E-state index in [4.69, 9.17) is 0 Å². The van der Waals surface area contributed by atoms with Crippen LogP contribution in [0.3, 0.4) is 0 Å². The Bertz CT molecular complexity index is 509. The number of carbonyl (C=O) groups excluding carboxylic acids is 1. The Balaban J connectivity index is 2.46. The summed E-state index contributed by atoms with van der Waals surface area (Å²) in [5, 5.41) is 0. The summed E-state index contributed by atoms with van der Waals surface area (Å²) in [6.45, 7) is 4.09. The van der Waals surface area contributed by atoms with Gasteiger partial charge in [-0.2, -0.15) is 0 Å². The van der Waals surface area contributed by atoms with Crippen molar-refractivity contribution in [2.75, 3.05) is 0 Å². The Morgan fingerprint density at radius 1 is 1.19 bits per heavy atom. The highest BCUT2D eigenvalue weighted by molar-refractivity contribution is 5.96. The van der Waals surface area contributed by atoms with E-state index in [9.17, 15) is 9.59 Å². The molecule has 0 aromatic carbocycles. The first-order valence-corrected chi connectivity index (χ1v) is 5.39. The van der Waals surface area contributed by atoms with Gasteiger partial charge in [-0.3, -0.25) is 14.2 Å². The van der Waals surface area contributed by atoms with E-state index in [1.54, 1.807) is 29.0 Å². The number of hydrogen-bond donors (Lipinski definition) is 0. The summed E-state index contributed by atoms with van der Waals surface area (Å²) in [5.74, 6) is 0.0991. The summed E-state index contributed by atoms with van der Waals surface area (Å²) in [7, 11) is 0. The average Bonchev–Trinajstić information content (AvgIpc) is 2.15. The number of hydrogen-bond acceptors (Lipinski definition) is 2. The van der Waals surface area contributed by atoms with Gasteiger partial charge in [-0.15, -0.1) is 0 Å². The zero-order valence-electron chi connectivity index (χ0n) is 9.56. The maximum atomic E-state index is 11.6. The van der Waals surface area contributed by atoms with Gasteiger partial charge >= 0.3 is 0 Å². The van der Waals surface area contributed by atoms with E-state index < -0.39 is 0 Å². The van der Waals surface area contributed by atoms with Crippen molar-refractivity contribution in [2.24, 2.45) is 5.41 Å². The lowest BCUT2D eigenvalue weighted by Crippen LogP contribution is -2.27. The molecule has 0 radical (unpaired) electrons. The van der Waals surface area contributed by atoms with Gasteiger partial charge in [0.15, 0.2) is 5.78 Å². The molecule has 0 amide bonds. The van der Waals surface area contributed by atoms with Gasteiger partial charge in [0.1, 0.15) is 0 Å². The molecule has 16 heavy (non-hydrogen) atoms. The fraction of sp³-hybridized carbons (Fsp3) is 0.385. The quantitative estimate of drug-likeness (QED) is 0.722. The highest BCUT2D eigenvalue weighted by Gasteiger charge is 2.28. The first-order chi connectivity index (χ1) is 7.48. The summed E-state index contributed by atoms with van der Waals surface area (Å²) in [4.78, 5) is 23.2. The smallest absolute Gasteiger partial charge is 0.254 e. The molecule has 1 heterocycles. The largest absolute Gasteiger partial charge is 0.295 e. The minimum atomic E-state index is -0.0840. The number of carbonyl (C=O) groups is 1. The van der Waals surface area contributed by atoms with Crippen LogP contribution in [0.2, 0.25) is 0 Å². The molecule has 3 heteroatoms. The van der Waals surface area contributed by atoms with Crippen molar-refractivity contribution in [3.8, 4) is 0 Å². The number of ketones is 1. The first-order valence-electron chi connectivity index (χ1n) is 5.39. The molecule has 1 aliphatic rings. The van der Waals surface area contributed by atoms with Crippen LogP contribution < -0.4 is 5.56 Å². The number of allylic oxidation sites excluding steroid dienone is 2. The Morgan fingerprint density at radius 2 is 1.94 bits per heavy atom. The summed E-state index contributed by atoms with van der Waals surface area (Å²) in [6.07, 6.45) is 4.61. The number of pyridine rings is 1. The van der Waals surface area contributed by atoms with Gasteiger partial charge in [-0.25, -0.2) is 0 Å². The molecule has 3 nitrogen and oxygen atoms in total. The predicted molar refractivity (Wildman–Crippen MR) is 63.0 cm³/mol. The molecule has 1 aromatic heterocycles. The maximum absolute atomic E-state index is 11.6. The number of aromatic nitrogens is 1. The van der Waals surface area contributed by atoms with Crippen LogP contribution in [0.1, 0.15) is 26.7 Å². The Kier molecular flexibility index (Phi) is 2.54. The van der Waals surface area contributed by atoms with Crippen LogP contribution in [-0.4, -0.2) is 10.4 Å². The predicted octanol–water partition coefficient (Wildman–Crippen LogP) is 2.08. The van der Waals surface area contributed by atoms with Gasteiger partial charge < -0.3 is 0 Å². The van der Waals surface area contributed by atoms with Crippen LogP contribution in [0.4, 0.5) is 0 Å². The van der Waals surface area contributed by atoms with Gasteiger partial charge in [-0.05, 0) is 17.9 Å². The van der Waals surface area contributed by atoms with Crippen LogP contribution in [0, 0.1) is 5.41 Å². The summed E-state index contributed by atoms with van der Waals surface area (Å²) in [5.41, 5.74) is 0.655. The molecule has 0 spiro atoms. The molecular weight excluding hydrogens is 202 g/mol. The molecule has 1 aliphatic carbocycles. The van der Waals surface area contributed by atoms with Crippen molar-refractivity contribution in [1.82, 2.24) is 4.57 Å². The molecule has 2 rings (SSSR count). The number of nitrogens with zero attached hydrogens (tertiary/aromatic N) is 1. The summed E-state index contributed by atoms with van der Waals surface area (Å²) < 4.78 is 1.55. The summed E-state index contributed by atoms with van der Waals surface area (Å²) >= 11 is 0. The first kappa shape index (κ1) is 10.9. The fourth-order valence-corrected chi connectivity index (χ4v) is 2.13. The Morgan fingerprint density at radius 3 is 2.56 bits per heavy atom.